The maximum atomic E-state index is 4.67. The number of benzene rings is 1. The van der Waals surface area contributed by atoms with Crippen LogP contribution in [0, 0.1) is 6.92 Å². The predicted octanol–water partition coefficient (Wildman–Crippen LogP) is 4.22. The highest BCUT2D eigenvalue weighted by molar-refractivity contribution is 7.09. The second-order valence-electron chi connectivity index (χ2n) is 4.28. The summed E-state index contributed by atoms with van der Waals surface area (Å²) in [6, 6.07) is 14.6. The van der Waals surface area contributed by atoms with E-state index >= 15 is 0 Å². The standard InChI is InChI=1S/C15H14N2S/c1-11-9-12-5-2-3-7-14(12)17-15(11)16-10-13-6-4-8-18-13/h2-9H,10H2,1H3,(H,16,17). The molecule has 1 aromatic carbocycles. The number of nitrogens with zero attached hydrogens (tertiary/aromatic N) is 1. The SMILES string of the molecule is Cc1cc2ccccc2nc1NCc1cccs1. The second kappa shape index (κ2) is 4.78. The molecule has 3 rings (SSSR count). The Kier molecular flexibility index (Phi) is 2.99. The highest BCUT2D eigenvalue weighted by Crippen LogP contribution is 2.20. The van der Waals surface area contributed by atoms with Gasteiger partial charge in [0.1, 0.15) is 5.82 Å². The van der Waals surface area contributed by atoms with E-state index in [0.29, 0.717) is 0 Å². The third kappa shape index (κ3) is 2.22. The zero-order valence-corrected chi connectivity index (χ0v) is 11.0. The highest BCUT2D eigenvalue weighted by Gasteiger charge is 2.03. The van der Waals surface area contributed by atoms with Gasteiger partial charge in [0, 0.05) is 10.3 Å². The number of aromatic nitrogens is 1. The normalized spacial score (nSPS) is 10.7. The molecule has 0 unspecified atom stereocenters. The Bertz CT molecular complexity index is 659. The molecular weight excluding hydrogens is 240 g/mol. The molecule has 2 nitrogen and oxygen atoms in total. The van der Waals surface area contributed by atoms with Crippen molar-refractivity contribution in [2.75, 3.05) is 5.32 Å². The molecule has 0 spiro atoms. The van der Waals surface area contributed by atoms with Gasteiger partial charge in [0.05, 0.1) is 12.1 Å². The van der Waals surface area contributed by atoms with Gasteiger partial charge in [-0.2, -0.15) is 0 Å². The van der Waals surface area contributed by atoms with Crippen molar-refractivity contribution in [3.05, 3.63) is 58.3 Å². The van der Waals surface area contributed by atoms with E-state index in [0.717, 1.165) is 17.9 Å². The molecule has 0 fully saturated rings. The zero-order valence-electron chi connectivity index (χ0n) is 10.2. The average Bonchev–Trinajstić information content (AvgIpc) is 2.89. The number of para-hydroxylation sites is 1. The van der Waals surface area contributed by atoms with Crippen molar-refractivity contribution in [1.29, 1.82) is 0 Å². The van der Waals surface area contributed by atoms with E-state index in [4.69, 9.17) is 0 Å². The van der Waals surface area contributed by atoms with Crippen LogP contribution in [-0.4, -0.2) is 4.98 Å². The Morgan fingerprint density at radius 1 is 1.17 bits per heavy atom. The molecule has 2 aromatic heterocycles. The van der Waals surface area contributed by atoms with Crippen LogP contribution in [0.1, 0.15) is 10.4 Å². The van der Waals surface area contributed by atoms with Gasteiger partial charge in [-0.1, -0.05) is 24.3 Å². The maximum Gasteiger partial charge on any atom is 0.129 e. The third-order valence-electron chi connectivity index (χ3n) is 2.92. The van der Waals surface area contributed by atoms with Crippen molar-refractivity contribution < 1.29 is 0 Å². The fourth-order valence-electron chi connectivity index (χ4n) is 1.98. The zero-order chi connectivity index (χ0) is 12.4. The molecule has 0 saturated heterocycles. The van der Waals surface area contributed by atoms with E-state index < -0.39 is 0 Å². The monoisotopic (exact) mass is 254 g/mol. The topological polar surface area (TPSA) is 24.9 Å². The molecular formula is C15H14N2S. The van der Waals surface area contributed by atoms with Crippen molar-refractivity contribution in [1.82, 2.24) is 4.98 Å². The lowest BCUT2D eigenvalue weighted by atomic mass is 10.1. The van der Waals surface area contributed by atoms with Gasteiger partial charge in [0.25, 0.3) is 0 Å². The number of aryl methyl sites for hydroxylation is 1. The number of nitrogens with one attached hydrogen (secondary N) is 1. The van der Waals surface area contributed by atoms with Crippen LogP contribution in [0.25, 0.3) is 10.9 Å². The number of thiophene rings is 1. The van der Waals surface area contributed by atoms with Crippen LogP contribution in [0.4, 0.5) is 5.82 Å². The highest BCUT2D eigenvalue weighted by atomic mass is 32.1. The first-order valence-corrected chi connectivity index (χ1v) is 6.83. The van der Waals surface area contributed by atoms with Gasteiger partial charge in [0.15, 0.2) is 0 Å². The third-order valence-corrected chi connectivity index (χ3v) is 3.80. The Balaban J connectivity index is 1.89. The van der Waals surface area contributed by atoms with Gasteiger partial charge in [-0.3, -0.25) is 0 Å². The molecule has 3 heteroatoms. The Morgan fingerprint density at radius 2 is 2.06 bits per heavy atom. The van der Waals surface area contributed by atoms with Crippen LogP contribution in [0.5, 0.6) is 0 Å². The summed E-state index contributed by atoms with van der Waals surface area (Å²) in [7, 11) is 0. The van der Waals surface area contributed by atoms with Crippen LogP contribution in [0.2, 0.25) is 0 Å². The minimum Gasteiger partial charge on any atom is -0.365 e. The Morgan fingerprint density at radius 3 is 2.89 bits per heavy atom. The molecule has 0 radical (unpaired) electrons. The number of rotatable bonds is 3. The maximum absolute atomic E-state index is 4.67. The Hall–Kier alpha value is -1.87. The first-order chi connectivity index (χ1) is 8.83. The Labute approximate surface area is 110 Å². The van der Waals surface area contributed by atoms with Gasteiger partial charge in [-0.05, 0) is 36.1 Å². The van der Waals surface area contributed by atoms with Gasteiger partial charge < -0.3 is 5.32 Å². The van der Waals surface area contributed by atoms with Gasteiger partial charge in [-0.15, -0.1) is 11.3 Å². The number of fused-ring (bicyclic) bond motifs is 1. The van der Waals surface area contributed by atoms with Crippen LogP contribution >= 0.6 is 11.3 Å². The van der Waals surface area contributed by atoms with E-state index in [1.54, 1.807) is 11.3 Å². The summed E-state index contributed by atoms with van der Waals surface area (Å²) in [5.41, 5.74) is 2.22. The molecule has 90 valence electrons. The number of hydrogen-bond donors (Lipinski definition) is 1. The van der Waals surface area contributed by atoms with Gasteiger partial charge >= 0.3 is 0 Å². The van der Waals surface area contributed by atoms with Crippen molar-refractivity contribution in [3.63, 3.8) is 0 Å². The molecule has 2 heterocycles. The summed E-state index contributed by atoms with van der Waals surface area (Å²) in [5, 5.41) is 6.69. The van der Waals surface area contributed by atoms with Crippen molar-refractivity contribution in [2.45, 2.75) is 13.5 Å². The fraction of sp³-hybridized carbons (Fsp3) is 0.133. The minimum atomic E-state index is 0.837. The second-order valence-corrected chi connectivity index (χ2v) is 5.31. The molecule has 3 aromatic rings. The molecule has 0 aliphatic rings. The largest absolute Gasteiger partial charge is 0.365 e. The predicted molar refractivity (Wildman–Crippen MR) is 78.1 cm³/mol. The number of pyridine rings is 1. The first kappa shape index (κ1) is 11.2. The van der Waals surface area contributed by atoms with Gasteiger partial charge in [-0.25, -0.2) is 4.98 Å². The fourth-order valence-corrected chi connectivity index (χ4v) is 2.63. The van der Waals surface area contributed by atoms with E-state index in [9.17, 15) is 0 Å². The van der Waals surface area contributed by atoms with Crippen LogP contribution in [-0.2, 0) is 6.54 Å². The lowest BCUT2D eigenvalue weighted by Crippen LogP contribution is -2.02. The summed E-state index contributed by atoms with van der Waals surface area (Å²) in [6.07, 6.45) is 0. The summed E-state index contributed by atoms with van der Waals surface area (Å²) < 4.78 is 0. The first-order valence-electron chi connectivity index (χ1n) is 5.95. The number of hydrogen-bond acceptors (Lipinski definition) is 3. The lowest BCUT2D eigenvalue weighted by Gasteiger charge is -2.09. The number of anilines is 1. The van der Waals surface area contributed by atoms with Crippen molar-refractivity contribution in [3.8, 4) is 0 Å². The van der Waals surface area contributed by atoms with Crippen LogP contribution in [0.3, 0.4) is 0 Å². The molecule has 1 N–H and O–H groups in total. The van der Waals surface area contributed by atoms with E-state index in [-0.39, 0.29) is 0 Å². The summed E-state index contributed by atoms with van der Waals surface area (Å²) >= 11 is 1.76. The summed E-state index contributed by atoms with van der Waals surface area (Å²) in [4.78, 5) is 5.99. The summed E-state index contributed by atoms with van der Waals surface area (Å²) in [6.45, 7) is 2.93. The van der Waals surface area contributed by atoms with Crippen molar-refractivity contribution in [2.24, 2.45) is 0 Å². The van der Waals surface area contributed by atoms with E-state index in [1.165, 1.54) is 15.8 Å². The molecule has 0 bridgehead atoms. The molecule has 0 aliphatic heterocycles. The lowest BCUT2D eigenvalue weighted by molar-refractivity contribution is 1.14. The smallest absolute Gasteiger partial charge is 0.129 e. The minimum absolute atomic E-state index is 0.837. The quantitative estimate of drug-likeness (QED) is 0.757. The molecule has 0 aliphatic carbocycles. The molecule has 0 atom stereocenters. The van der Waals surface area contributed by atoms with E-state index in [1.807, 2.05) is 18.2 Å². The van der Waals surface area contributed by atoms with Crippen molar-refractivity contribution >= 4 is 28.1 Å². The molecule has 0 saturated carbocycles. The summed E-state index contributed by atoms with van der Waals surface area (Å²) in [5.74, 6) is 0.974. The van der Waals surface area contributed by atoms with Gasteiger partial charge in [0.2, 0.25) is 0 Å². The molecule has 0 amide bonds. The molecule has 18 heavy (non-hydrogen) atoms. The van der Waals surface area contributed by atoms with Crippen LogP contribution in [0.15, 0.2) is 47.8 Å². The van der Waals surface area contributed by atoms with E-state index in [2.05, 4.69) is 46.9 Å². The average molecular weight is 254 g/mol. The van der Waals surface area contributed by atoms with Crippen LogP contribution < -0.4 is 5.32 Å².